The highest BCUT2D eigenvalue weighted by atomic mass is 16.2. The van der Waals surface area contributed by atoms with Gasteiger partial charge >= 0.3 is 5.69 Å². The molecule has 136 valence electrons. The van der Waals surface area contributed by atoms with E-state index < -0.39 is 5.69 Å². The van der Waals surface area contributed by atoms with E-state index in [1.54, 1.807) is 16.8 Å². The van der Waals surface area contributed by atoms with Crippen molar-refractivity contribution in [2.24, 2.45) is 0 Å². The van der Waals surface area contributed by atoms with Crippen molar-refractivity contribution in [3.63, 3.8) is 0 Å². The summed E-state index contributed by atoms with van der Waals surface area (Å²) in [5.41, 5.74) is 3.18. The number of aromatic nitrogens is 3. The van der Waals surface area contributed by atoms with Crippen LogP contribution in [0.1, 0.15) is 64.3 Å². The van der Waals surface area contributed by atoms with Crippen molar-refractivity contribution in [1.82, 2.24) is 14.5 Å². The van der Waals surface area contributed by atoms with Crippen LogP contribution < -0.4 is 11.2 Å². The van der Waals surface area contributed by atoms with Crippen LogP contribution in [-0.2, 0) is 13.0 Å². The first-order valence-corrected chi connectivity index (χ1v) is 8.93. The van der Waals surface area contributed by atoms with E-state index in [1.807, 2.05) is 47.6 Å². The summed E-state index contributed by atoms with van der Waals surface area (Å²) in [7, 11) is 0. The summed E-state index contributed by atoms with van der Waals surface area (Å²) < 4.78 is 1.59. The van der Waals surface area contributed by atoms with Crippen LogP contribution in [-0.4, -0.2) is 14.5 Å². The summed E-state index contributed by atoms with van der Waals surface area (Å²) in [6.45, 7) is 16.1. The average molecular weight is 343 g/mol. The van der Waals surface area contributed by atoms with Crippen LogP contribution in [0.2, 0.25) is 0 Å². The maximum Gasteiger partial charge on any atom is 0.328 e. The number of hydrogen-bond acceptors (Lipinski definition) is 3. The number of nitrogens with zero attached hydrogens (tertiary/aromatic N) is 2. The Kier molecular flexibility index (Phi) is 7.55. The van der Waals surface area contributed by atoms with Gasteiger partial charge in [-0.3, -0.25) is 19.3 Å². The fourth-order valence-corrected chi connectivity index (χ4v) is 2.85. The molecule has 25 heavy (non-hydrogen) atoms. The lowest BCUT2D eigenvalue weighted by molar-refractivity contribution is 0.678. The van der Waals surface area contributed by atoms with Crippen molar-refractivity contribution in [3.8, 4) is 11.3 Å². The summed E-state index contributed by atoms with van der Waals surface area (Å²) in [4.78, 5) is 31.4. The maximum absolute atomic E-state index is 12.3. The van der Waals surface area contributed by atoms with E-state index in [4.69, 9.17) is 0 Å². The highest BCUT2D eigenvalue weighted by molar-refractivity contribution is 5.67. The van der Waals surface area contributed by atoms with Gasteiger partial charge in [-0.15, -0.1) is 0 Å². The molecule has 0 aromatic carbocycles. The van der Waals surface area contributed by atoms with Crippen LogP contribution in [0, 0.1) is 0 Å². The van der Waals surface area contributed by atoms with Gasteiger partial charge in [0.25, 0.3) is 5.56 Å². The Morgan fingerprint density at radius 1 is 1.28 bits per heavy atom. The minimum Gasteiger partial charge on any atom is -0.293 e. The zero-order valence-electron chi connectivity index (χ0n) is 16.1. The van der Waals surface area contributed by atoms with Crippen LogP contribution in [0.15, 0.2) is 28.4 Å². The molecule has 0 atom stereocenters. The van der Waals surface area contributed by atoms with Crippen LogP contribution in [0.4, 0.5) is 0 Å². The zero-order chi connectivity index (χ0) is 19.1. The number of rotatable bonds is 5. The maximum atomic E-state index is 12.3. The molecule has 0 saturated carbocycles. The third-order valence-corrected chi connectivity index (χ3v) is 3.96. The smallest absolute Gasteiger partial charge is 0.293 e. The molecule has 0 aliphatic rings. The minimum atomic E-state index is -0.392. The predicted octanol–water partition coefficient (Wildman–Crippen LogP) is 3.97. The van der Waals surface area contributed by atoms with E-state index in [0.717, 1.165) is 23.2 Å². The summed E-state index contributed by atoms with van der Waals surface area (Å²) >= 11 is 0. The van der Waals surface area contributed by atoms with E-state index in [9.17, 15) is 9.59 Å². The topological polar surface area (TPSA) is 67.8 Å². The standard InChI is InChI=1S/C18H23N3O2.C2H6/c1-6-12-9-13(10-19-14(12)7-2)16-15(11(4)5)17(22)20-18(23)21(16)8-3;1-2/h6,9-11H,1,7-8H2,2-5H3,(H,20,22,23);1-2H3. The Morgan fingerprint density at radius 2 is 1.92 bits per heavy atom. The van der Waals surface area contributed by atoms with Crippen molar-refractivity contribution in [2.45, 2.75) is 60.4 Å². The molecule has 0 fully saturated rings. The Balaban J connectivity index is 0.00000151. The lowest BCUT2D eigenvalue weighted by Crippen LogP contribution is -2.34. The molecular formula is C20H29N3O2. The van der Waals surface area contributed by atoms with Crippen LogP contribution in [0.5, 0.6) is 0 Å². The molecule has 2 aromatic rings. The number of H-pyrrole nitrogens is 1. The molecule has 1 N–H and O–H groups in total. The molecule has 2 heterocycles. The van der Waals surface area contributed by atoms with E-state index in [0.29, 0.717) is 17.8 Å². The lowest BCUT2D eigenvalue weighted by atomic mass is 9.97. The Hall–Kier alpha value is -2.43. The van der Waals surface area contributed by atoms with Crippen LogP contribution in [0.25, 0.3) is 17.3 Å². The van der Waals surface area contributed by atoms with Crippen molar-refractivity contribution in [1.29, 1.82) is 0 Å². The molecule has 0 aliphatic heterocycles. The minimum absolute atomic E-state index is 0.00909. The monoisotopic (exact) mass is 343 g/mol. The zero-order valence-corrected chi connectivity index (χ0v) is 16.1. The molecule has 2 aromatic heterocycles. The molecule has 5 heteroatoms. The molecule has 0 unspecified atom stereocenters. The Labute approximate surface area is 149 Å². The first-order chi connectivity index (χ1) is 11.9. The van der Waals surface area contributed by atoms with Crippen LogP contribution in [0.3, 0.4) is 0 Å². The van der Waals surface area contributed by atoms with Crippen LogP contribution >= 0.6 is 0 Å². The summed E-state index contributed by atoms with van der Waals surface area (Å²) in [6, 6.07) is 1.95. The first kappa shape index (κ1) is 20.6. The second-order valence-corrected chi connectivity index (χ2v) is 5.74. The number of pyridine rings is 1. The molecule has 0 bridgehead atoms. The average Bonchev–Trinajstić information content (AvgIpc) is 2.61. The van der Waals surface area contributed by atoms with E-state index in [-0.39, 0.29) is 11.5 Å². The van der Waals surface area contributed by atoms with Gasteiger partial charge in [0.2, 0.25) is 0 Å². The second kappa shape index (κ2) is 9.16. The van der Waals surface area contributed by atoms with Gasteiger partial charge in [-0.05, 0) is 30.9 Å². The predicted molar refractivity (Wildman–Crippen MR) is 105 cm³/mol. The largest absolute Gasteiger partial charge is 0.328 e. The normalized spacial score (nSPS) is 10.4. The number of nitrogens with one attached hydrogen (secondary N) is 1. The van der Waals surface area contributed by atoms with Gasteiger partial charge in [-0.25, -0.2) is 4.79 Å². The second-order valence-electron chi connectivity index (χ2n) is 5.74. The van der Waals surface area contributed by atoms with Gasteiger partial charge in [0.1, 0.15) is 0 Å². The molecular weight excluding hydrogens is 314 g/mol. The molecule has 0 saturated heterocycles. The van der Waals surface area contributed by atoms with Crippen molar-refractivity contribution >= 4 is 6.08 Å². The summed E-state index contributed by atoms with van der Waals surface area (Å²) in [5, 5.41) is 0. The number of aryl methyl sites for hydroxylation is 1. The van der Waals surface area contributed by atoms with Gasteiger partial charge in [0.05, 0.1) is 5.69 Å². The molecule has 2 rings (SSSR count). The summed E-state index contributed by atoms with van der Waals surface area (Å²) in [5.74, 6) is -0.00909. The lowest BCUT2D eigenvalue weighted by Gasteiger charge is -2.18. The SMILES string of the molecule is C=Cc1cc(-c2c(C(C)C)c(=O)[nH]c(=O)n2CC)cnc1CC.CC. The Morgan fingerprint density at radius 3 is 2.40 bits per heavy atom. The fourth-order valence-electron chi connectivity index (χ4n) is 2.85. The van der Waals surface area contributed by atoms with E-state index in [2.05, 4.69) is 16.5 Å². The fraction of sp³-hybridized carbons (Fsp3) is 0.450. The number of aromatic amines is 1. The van der Waals surface area contributed by atoms with Gasteiger partial charge in [0.15, 0.2) is 0 Å². The van der Waals surface area contributed by atoms with E-state index in [1.165, 1.54) is 0 Å². The highest BCUT2D eigenvalue weighted by Gasteiger charge is 2.19. The Bertz CT molecular complexity index is 845. The third-order valence-electron chi connectivity index (χ3n) is 3.96. The molecule has 0 spiro atoms. The van der Waals surface area contributed by atoms with Gasteiger partial charge in [-0.2, -0.15) is 0 Å². The van der Waals surface area contributed by atoms with Crippen molar-refractivity contribution < 1.29 is 0 Å². The van der Waals surface area contributed by atoms with E-state index >= 15 is 0 Å². The molecule has 0 aliphatic carbocycles. The molecule has 0 amide bonds. The molecule has 5 nitrogen and oxygen atoms in total. The van der Waals surface area contributed by atoms with Gasteiger partial charge in [0, 0.05) is 29.6 Å². The molecule has 0 radical (unpaired) electrons. The van der Waals surface area contributed by atoms with Gasteiger partial charge in [-0.1, -0.05) is 47.3 Å². The third kappa shape index (κ3) is 4.16. The first-order valence-electron chi connectivity index (χ1n) is 8.93. The van der Waals surface area contributed by atoms with Crippen molar-refractivity contribution in [2.75, 3.05) is 0 Å². The van der Waals surface area contributed by atoms with Gasteiger partial charge < -0.3 is 0 Å². The quantitative estimate of drug-likeness (QED) is 0.893. The highest BCUT2D eigenvalue weighted by Crippen LogP contribution is 2.27. The van der Waals surface area contributed by atoms with Crippen molar-refractivity contribution in [3.05, 3.63) is 56.5 Å². The number of hydrogen-bond donors (Lipinski definition) is 1. The summed E-state index contributed by atoms with van der Waals surface area (Å²) in [6.07, 6.45) is 4.29.